The first-order valence-electron chi connectivity index (χ1n) is 10.2. The molecular weight excluding hydrogens is 388 g/mol. The van der Waals surface area contributed by atoms with Gasteiger partial charge in [0, 0.05) is 13.1 Å². The van der Waals surface area contributed by atoms with Gasteiger partial charge in [-0.3, -0.25) is 0 Å². The smallest absolute Gasteiger partial charge is 0.126 e. The Morgan fingerprint density at radius 1 is 1.03 bits per heavy atom. The molecule has 152 valence electrons. The molecule has 30 heavy (non-hydrogen) atoms. The molecule has 0 fully saturated rings. The van der Waals surface area contributed by atoms with Gasteiger partial charge in [0.25, 0.3) is 0 Å². The van der Waals surface area contributed by atoms with Crippen LogP contribution in [0.25, 0.3) is 5.70 Å². The molecule has 2 aliphatic heterocycles. The Kier molecular flexibility index (Phi) is 6.32. The van der Waals surface area contributed by atoms with Gasteiger partial charge >= 0.3 is 0 Å². The van der Waals surface area contributed by atoms with Crippen molar-refractivity contribution in [3.8, 4) is 0 Å². The highest BCUT2D eigenvalue weighted by molar-refractivity contribution is 8.06. The van der Waals surface area contributed by atoms with Crippen LogP contribution in [0.3, 0.4) is 0 Å². The molecule has 0 saturated heterocycles. The molecule has 2 N–H and O–H groups in total. The number of rotatable bonds is 6. The summed E-state index contributed by atoms with van der Waals surface area (Å²) in [5.41, 5.74) is 12.6. The summed E-state index contributed by atoms with van der Waals surface area (Å²) in [5.74, 6) is 0.549. The minimum atomic E-state index is 0.0613. The van der Waals surface area contributed by atoms with Crippen molar-refractivity contribution < 1.29 is 5.11 Å². The molecule has 3 nitrogen and oxygen atoms in total. The first kappa shape index (κ1) is 20.4. The van der Waals surface area contributed by atoms with Crippen molar-refractivity contribution in [3.63, 3.8) is 0 Å². The average Bonchev–Trinajstić information content (AvgIpc) is 3.00. The molecule has 0 aliphatic carbocycles. The summed E-state index contributed by atoms with van der Waals surface area (Å²) in [5, 5.41) is 14.9. The standard InChI is InChI=1S/C26H26N2OS/c1-19(2)22-12-8-20(9-13-22)17-27-25-6-4-16-28-24(5-3-7-26(28)30-25)23-14-10-21(18-29)11-15-23/h3-5,8-15,19,27,29H,16-18H2,1-2H3. The summed E-state index contributed by atoms with van der Waals surface area (Å²) in [6.45, 7) is 6.00. The van der Waals surface area contributed by atoms with E-state index in [1.807, 2.05) is 18.2 Å². The van der Waals surface area contributed by atoms with E-state index in [9.17, 15) is 5.11 Å². The molecule has 0 spiro atoms. The lowest BCUT2D eigenvalue weighted by Gasteiger charge is -2.28. The number of allylic oxidation sites excluding steroid dienone is 2. The first-order chi connectivity index (χ1) is 14.6. The minimum Gasteiger partial charge on any atom is -0.392 e. The van der Waals surface area contributed by atoms with Crippen molar-refractivity contribution in [2.75, 3.05) is 6.54 Å². The van der Waals surface area contributed by atoms with E-state index >= 15 is 0 Å². The van der Waals surface area contributed by atoms with Gasteiger partial charge in [0.1, 0.15) is 10.1 Å². The number of aliphatic hydroxyl groups excluding tert-OH is 1. The van der Waals surface area contributed by atoms with Crippen LogP contribution in [-0.4, -0.2) is 16.6 Å². The fourth-order valence-corrected chi connectivity index (χ4v) is 4.30. The number of hydrogen-bond donors (Lipinski definition) is 2. The summed E-state index contributed by atoms with van der Waals surface area (Å²) in [6, 6.07) is 16.8. The van der Waals surface area contributed by atoms with Crippen LogP contribution >= 0.6 is 11.8 Å². The van der Waals surface area contributed by atoms with E-state index in [2.05, 4.69) is 84.1 Å². The third-order valence-corrected chi connectivity index (χ3v) is 6.22. The maximum Gasteiger partial charge on any atom is 0.126 e. The Labute approximate surface area is 182 Å². The number of fused-ring (bicyclic) bond motifs is 1. The second kappa shape index (κ2) is 9.30. The molecule has 2 aromatic rings. The number of thioether (sulfide) groups is 1. The molecule has 0 bridgehead atoms. The topological polar surface area (TPSA) is 35.5 Å². The second-order valence-electron chi connectivity index (χ2n) is 7.66. The van der Waals surface area contributed by atoms with Crippen LogP contribution in [0.15, 0.2) is 88.3 Å². The number of nitrogens with one attached hydrogen (secondary N) is 1. The molecule has 0 amide bonds. The van der Waals surface area contributed by atoms with E-state index in [1.54, 1.807) is 11.8 Å². The van der Waals surface area contributed by atoms with Gasteiger partial charge in [-0.2, -0.15) is 0 Å². The van der Waals surface area contributed by atoms with Crippen molar-refractivity contribution in [2.45, 2.75) is 32.9 Å². The highest BCUT2D eigenvalue weighted by Crippen LogP contribution is 2.35. The molecule has 2 heterocycles. The van der Waals surface area contributed by atoms with Gasteiger partial charge in [-0.05, 0) is 58.2 Å². The Morgan fingerprint density at radius 2 is 1.77 bits per heavy atom. The molecule has 0 radical (unpaired) electrons. The predicted octanol–water partition coefficient (Wildman–Crippen LogP) is 5.49. The number of nitrogens with zero attached hydrogens (tertiary/aromatic N) is 1. The van der Waals surface area contributed by atoms with Gasteiger partial charge < -0.3 is 15.3 Å². The van der Waals surface area contributed by atoms with Crippen LogP contribution in [0.5, 0.6) is 0 Å². The molecule has 4 rings (SSSR count). The zero-order chi connectivity index (χ0) is 20.9. The predicted molar refractivity (Wildman–Crippen MR) is 125 cm³/mol. The third kappa shape index (κ3) is 4.64. The van der Waals surface area contributed by atoms with E-state index in [1.165, 1.54) is 11.1 Å². The monoisotopic (exact) mass is 414 g/mol. The van der Waals surface area contributed by atoms with Crippen LogP contribution in [0, 0.1) is 0 Å². The highest BCUT2D eigenvalue weighted by atomic mass is 32.2. The van der Waals surface area contributed by atoms with Gasteiger partial charge in [-0.25, -0.2) is 0 Å². The fourth-order valence-electron chi connectivity index (χ4n) is 3.41. The summed E-state index contributed by atoms with van der Waals surface area (Å²) < 4.78 is 0. The zero-order valence-corrected chi connectivity index (χ0v) is 18.2. The molecule has 4 heteroatoms. The van der Waals surface area contributed by atoms with Crippen LogP contribution < -0.4 is 5.32 Å². The van der Waals surface area contributed by atoms with E-state index in [4.69, 9.17) is 0 Å². The minimum absolute atomic E-state index is 0.0613. The Hall–Kier alpha value is -2.87. The SMILES string of the molecule is CC(C)c1ccc(CNC2=C=CCN3C(=C=CC=C3c3ccc(CO)cc3)S2)cc1. The van der Waals surface area contributed by atoms with Gasteiger partial charge in [0.2, 0.25) is 0 Å². The molecule has 0 aromatic heterocycles. The summed E-state index contributed by atoms with van der Waals surface area (Å²) in [6.07, 6.45) is 6.12. The van der Waals surface area contributed by atoms with E-state index in [0.29, 0.717) is 5.92 Å². The van der Waals surface area contributed by atoms with E-state index in [-0.39, 0.29) is 6.61 Å². The number of hydrogen-bond acceptors (Lipinski definition) is 4. The van der Waals surface area contributed by atoms with E-state index in [0.717, 1.165) is 40.0 Å². The van der Waals surface area contributed by atoms with Crippen LogP contribution in [0.4, 0.5) is 0 Å². The van der Waals surface area contributed by atoms with Gasteiger partial charge in [0.15, 0.2) is 0 Å². The number of aliphatic hydroxyl groups is 1. The largest absolute Gasteiger partial charge is 0.392 e. The Balaban J connectivity index is 1.43. The summed E-state index contributed by atoms with van der Waals surface area (Å²) >= 11 is 1.65. The normalized spacial score (nSPS) is 15.3. The van der Waals surface area contributed by atoms with Crippen molar-refractivity contribution >= 4 is 17.5 Å². The van der Waals surface area contributed by atoms with Gasteiger partial charge in [-0.1, -0.05) is 73.8 Å². The van der Waals surface area contributed by atoms with Crippen LogP contribution in [-0.2, 0) is 13.2 Å². The Bertz CT molecular complexity index is 1070. The van der Waals surface area contributed by atoms with Crippen molar-refractivity contribution in [2.24, 2.45) is 0 Å². The second-order valence-corrected chi connectivity index (χ2v) is 8.66. The van der Waals surface area contributed by atoms with Gasteiger partial charge in [0.05, 0.1) is 12.3 Å². The molecule has 0 unspecified atom stereocenters. The molecular formula is C26H26N2OS. The van der Waals surface area contributed by atoms with Crippen LogP contribution in [0.1, 0.15) is 42.0 Å². The zero-order valence-electron chi connectivity index (χ0n) is 17.4. The molecule has 2 aromatic carbocycles. The van der Waals surface area contributed by atoms with Crippen molar-refractivity contribution in [1.29, 1.82) is 0 Å². The lowest BCUT2D eigenvalue weighted by atomic mass is 10.0. The maximum atomic E-state index is 9.29. The molecule has 2 aliphatic rings. The molecule has 0 atom stereocenters. The first-order valence-corrected chi connectivity index (χ1v) is 11.1. The maximum absolute atomic E-state index is 9.29. The lowest BCUT2D eigenvalue weighted by Crippen LogP contribution is -2.21. The van der Waals surface area contributed by atoms with Crippen LogP contribution in [0.2, 0.25) is 0 Å². The Morgan fingerprint density at radius 3 is 2.47 bits per heavy atom. The fraction of sp³-hybridized carbons (Fsp3) is 0.231. The van der Waals surface area contributed by atoms with E-state index < -0.39 is 0 Å². The summed E-state index contributed by atoms with van der Waals surface area (Å²) in [7, 11) is 0. The molecule has 0 saturated carbocycles. The number of benzene rings is 2. The lowest BCUT2D eigenvalue weighted by molar-refractivity contribution is 0.282. The average molecular weight is 415 g/mol. The van der Waals surface area contributed by atoms with Gasteiger partial charge in [-0.15, -0.1) is 0 Å². The summed E-state index contributed by atoms with van der Waals surface area (Å²) in [4.78, 5) is 2.25. The third-order valence-electron chi connectivity index (χ3n) is 5.22. The quantitative estimate of drug-likeness (QED) is 0.613. The highest BCUT2D eigenvalue weighted by Gasteiger charge is 2.20. The van der Waals surface area contributed by atoms with Crippen molar-refractivity contribution in [1.82, 2.24) is 10.2 Å². The van der Waals surface area contributed by atoms with Crippen molar-refractivity contribution in [3.05, 3.63) is 111 Å².